The van der Waals surface area contributed by atoms with Gasteiger partial charge in [-0.25, -0.2) is 13.2 Å². The minimum atomic E-state index is -4.32. The quantitative estimate of drug-likeness (QED) is 0.362. The largest absolute Gasteiger partial charge is 0.748 e. The van der Waals surface area contributed by atoms with E-state index in [0.29, 0.717) is 11.6 Å². The standard InChI is InChI=1S/C20H21N3O7S/c1-21-18(24)14(19(25)22(2)20(21)26)8-3-6-11-17-23(12-7-13-31(27,28)29)15-9-4-5-10-16(15)30-17/h3-6,8-11H,7,12-13H2,1-2H3,(H,27,28,29)/p-1/b6-3+,17-11-. The molecule has 0 spiro atoms. The number of carbonyl (C=O) groups is 3. The summed E-state index contributed by atoms with van der Waals surface area (Å²) in [7, 11) is -1.75. The van der Waals surface area contributed by atoms with Gasteiger partial charge in [-0.1, -0.05) is 24.3 Å². The minimum Gasteiger partial charge on any atom is -0.748 e. The highest BCUT2D eigenvalue weighted by Gasteiger charge is 2.37. The molecule has 1 saturated heterocycles. The molecule has 2 heterocycles. The summed E-state index contributed by atoms with van der Waals surface area (Å²) in [5, 5.41) is 0. The van der Waals surface area contributed by atoms with Crippen molar-refractivity contribution in [3.05, 3.63) is 60.0 Å². The molecule has 0 aromatic heterocycles. The number of likely N-dealkylation sites (N-methyl/N-ethyl adjacent to an activating group) is 2. The lowest BCUT2D eigenvalue weighted by atomic mass is 10.1. The highest BCUT2D eigenvalue weighted by atomic mass is 32.2. The Hall–Kier alpha value is -3.44. The van der Waals surface area contributed by atoms with E-state index in [0.717, 1.165) is 15.5 Å². The van der Waals surface area contributed by atoms with Gasteiger partial charge in [0.2, 0.25) is 5.88 Å². The molecule has 0 saturated carbocycles. The van der Waals surface area contributed by atoms with Crippen molar-refractivity contribution in [1.29, 1.82) is 0 Å². The summed E-state index contributed by atoms with van der Waals surface area (Å²) in [5.41, 5.74) is 0.565. The van der Waals surface area contributed by atoms with E-state index in [1.54, 1.807) is 41.3 Å². The van der Waals surface area contributed by atoms with E-state index in [1.165, 1.54) is 26.2 Å². The molecule has 0 atom stereocenters. The maximum absolute atomic E-state index is 12.2. The topological polar surface area (TPSA) is 127 Å². The van der Waals surface area contributed by atoms with Crippen molar-refractivity contribution in [3.63, 3.8) is 0 Å². The molecular formula is C20H20N3O7S-. The monoisotopic (exact) mass is 446 g/mol. The molecule has 1 fully saturated rings. The van der Waals surface area contributed by atoms with Crippen LogP contribution in [0.3, 0.4) is 0 Å². The lowest BCUT2D eigenvalue weighted by molar-refractivity contribution is -0.134. The van der Waals surface area contributed by atoms with E-state index in [-0.39, 0.29) is 18.5 Å². The number of fused-ring (bicyclic) bond motifs is 1. The van der Waals surface area contributed by atoms with Crippen LogP contribution >= 0.6 is 0 Å². The fourth-order valence-corrected chi connectivity index (χ4v) is 3.57. The number of urea groups is 1. The van der Waals surface area contributed by atoms with Crippen molar-refractivity contribution >= 4 is 33.7 Å². The van der Waals surface area contributed by atoms with E-state index in [1.807, 2.05) is 0 Å². The van der Waals surface area contributed by atoms with E-state index in [4.69, 9.17) is 4.74 Å². The van der Waals surface area contributed by atoms with Crippen LogP contribution in [0.25, 0.3) is 0 Å². The van der Waals surface area contributed by atoms with Gasteiger partial charge in [0.15, 0.2) is 5.75 Å². The predicted molar refractivity (Wildman–Crippen MR) is 110 cm³/mol. The van der Waals surface area contributed by atoms with E-state index >= 15 is 0 Å². The molecule has 164 valence electrons. The van der Waals surface area contributed by atoms with Crippen LogP contribution < -0.4 is 9.64 Å². The number of benzene rings is 1. The molecule has 11 heteroatoms. The van der Waals surface area contributed by atoms with Gasteiger partial charge in [0.05, 0.1) is 15.8 Å². The van der Waals surface area contributed by atoms with Gasteiger partial charge in [-0.15, -0.1) is 0 Å². The first-order valence-corrected chi connectivity index (χ1v) is 10.8. The third-order valence-corrected chi connectivity index (χ3v) is 5.46. The Labute approximate surface area is 179 Å². The minimum absolute atomic E-state index is 0.115. The van der Waals surface area contributed by atoms with Crippen molar-refractivity contribution in [2.24, 2.45) is 0 Å². The number of ether oxygens (including phenoxy) is 1. The van der Waals surface area contributed by atoms with Crippen molar-refractivity contribution in [2.75, 3.05) is 31.3 Å². The first-order valence-electron chi connectivity index (χ1n) is 9.27. The number of imide groups is 2. The van der Waals surface area contributed by atoms with E-state index in [9.17, 15) is 27.4 Å². The Kier molecular flexibility index (Phi) is 6.27. The normalized spacial score (nSPS) is 18.3. The van der Waals surface area contributed by atoms with Crippen molar-refractivity contribution in [1.82, 2.24) is 9.80 Å². The Morgan fingerprint density at radius 3 is 2.26 bits per heavy atom. The summed E-state index contributed by atoms with van der Waals surface area (Å²) >= 11 is 0. The first kappa shape index (κ1) is 22.2. The number of anilines is 1. The maximum Gasteiger partial charge on any atom is 0.333 e. The number of barbiturate groups is 1. The lowest BCUT2D eigenvalue weighted by Crippen LogP contribution is -2.52. The zero-order chi connectivity index (χ0) is 22.8. The summed E-state index contributed by atoms with van der Waals surface area (Å²) in [5.74, 6) is -0.925. The second-order valence-electron chi connectivity index (χ2n) is 6.82. The number of rotatable bonds is 6. The third-order valence-electron chi connectivity index (χ3n) is 4.67. The van der Waals surface area contributed by atoms with Crippen LogP contribution in [-0.4, -0.2) is 67.0 Å². The molecule has 0 aliphatic carbocycles. The second-order valence-corrected chi connectivity index (χ2v) is 8.34. The number of amides is 4. The maximum atomic E-state index is 12.2. The van der Waals surface area contributed by atoms with Crippen molar-refractivity contribution < 1.29 is 32.1 Å². The molecule has 31 heavy (non-hydrogen) atoms. The third kappa shape index (κ3) is 4.84. The molecule has 0 radical (unpaired) electrons. The van der Waals surface area contributed by atoms with Crippen molar-refractivity contribution in [2.45, 2.75) is 6.42 Å². The molecule has 10 nitrogen and oxygen atoms in total. The lowest BCUT2D eigenvalue weighted by Gasteiger charge is -2.28. The average Bonchev–Trinajstić information content (AvgIpc) is 3.07. The Morgan fingerprint density at radius 1 is 1.00 bits per heavy atom. The molecule has 3 rings (SSSR count). The predicted octanol–water partition coefficient (Wildman–Crippen LogP) is 1.20. The van der Waals surface area contributed by atoms with Gasteiger partial charge in [-0.05, 0) is 30.7 Å². The fourth-order valence-electron chi connectivity index (χ4n) is 3.09. The Morgan fingerprint density at radius 2 is 1.61 bits per heavy atom. The number of allylic oxidation sites excluding steroid dienone is 4. The molecular weight excluding hydrogens is 426 g/mol. The highest BCUT2D eigenvalue weighted by Crippen LogP contribution is 2.38. The molecule has 1 aromatic carbocycles. The molecule has 2 aliphatic heterocycles. The number of para-hydroxylation sites is 2. The van der Waals surface area contributed by atoms with Crippen LogP contribution in [0, 0.1) is 0 Å². The summed E-state index contributed by atoms with van der Waals surface area (Å²) in [4.78, 5) is 39.5. The Balaban J connectivity index is 1.79. The van der Waals surface area contributed by atoms with Gasteiger partial charge < -0.3 is 14.2 Å². The van der Waals surface area contributed by atoms with E-state index in [2.05, 4.69) is 0 Å². The first-order chi connectivity index (χ1) is 14.6. The Bertz CT molecular complexity index is 1100. The van der Waals surface area contributed by atoms with Gasteiger partial charge in [0.25, 0.3) is 11.8 Å². The van der Waals surface area contributed by atoms with Crippen LogP contribution in [0.4, 0.5) is 10.5 Å². The van der Waals surface area contributed by atoms with Gasteiger partial charge in [-0.2, -0.15) is 0 Å². The molecule has 0 bridgehead atoms. The number of carbonyl (C=O) groups excluding carboxylic acids is 3. The summed E-state index contributed by atoms with van der Waals surface area (Å²) in [6.45, 7) is 0.244. The van der Waals surface area contributed by atoms with Crippen LogP contribution in [0.2, 0.25) is 0 Å². The molecule has 2 aliphatic rings. The smallest absolute Gasteiger partial charge is 0.333 e. The summed E-state index contributed by atoms with van der Waals surface area (Å²) in [6, 6.07) is 6.44. The van der Waals surface area contributed by atoms with Crippen LogP contribution in [0.1, 0.15) is 6.42 Å². The van der Waals surface area contributed by atoms with Gasteiger partial charge in [0.1, 0.15) is 5.57 Å². The number of hydrogen-bond acceptors (Lipinski definition) is 8. The van der Waals surface area contributed by atoms with E-state index < -0.39 is 33.7 Å². The number of nitrogens with zero attached hydrogens (tertiary/aromatic N) is 3. The highest BCUT2D eigenvalue weighted by molar-refractivity contribution is 7.85. The number of hydrogen-bond donors (Lipinski definition) is 0. The molecule has 1 aromatic rings. The molecule has 0 N–H and O–H groups in total. The van der Waals surface area contributed by atoms with Gasteiger partial charge >= 0.3 is 6.03 Å². The zero-order valence-corrected chi connectivity index (χ0v) is 17.7. The fraction of sp³-hybridized carbons (Fsp3) is 0.250. The van der Waals surface area contributed by atoms with Crippen molar-refractivity contribution in [3.8, 4) is 5.75 Å². The van der Waals surface area contributed by atoms with Gasteiger partial charge in [0, 0.05) is 26.4 Å². The zero-order valence-electron chi connectivity index (χ0n) is 16.8. The van der Waals surface area contributed by atoms with Crippen LogP contribution in [0.5, 0.6) is 5.75 Å². The summed E-state index contributed by atoms with van der Waals surface area (Å²) < 4.78 is 38.5. The van der Waals surface area contributed by atoms with Crippen LogP contribution in [0.15, 0.2) is 60.0 Å². The second kappa shape index (κ2) is 8.74. The summed E-state index contributed by atoms with van der Waals surface area (Å²) in [6.07, 6.45) is 6.01. The SMILES string of the molecule is CN1C(=O)C(=C/C=C/C=C2\Oc3ccccc3N2CCCS(=O)(=O)[O-])C(=O)N(C)C1=O. The average molecular weight is 446 g/mol. The van der Waals surface area contributed by atoms with Crippen LogP contribution in [-0.2, 0) is 19.7 Å². The molecule has 0 unspecified atom stereocenters. The molecule has 4 amide bonds. The van der Waals surface area contributed by atoms with Gasteiger partial charge in [-0.3, -0.25) is 19.4 Å².